The van der Waals surface area contributed by atoms with Crippen LogP contribution in [0.3, 0.4) is 0 Å². The summed E-state index contributed by atoms with van der Waals surface area (Å²) in [6.07, 6.45) is 1.08. The van der Waals surface area contributed by atoms with Crippen LogP contribution in [0.1, 0.15) is 34.5 Å². The van der Waals surface area contributed by atoms with Crippen molar-refractivity contribution in [2.75, 3.05) is 24.8 Å². The molecule has 3 rings (SSSR count). The molecule has 0 fully saturated rings. The van der Waals surface area contributed by atoms with E-state index in [4.69, 9.17) is 32.7 Å². The quantitative estimate of drug-likeness (QED) is 0.392. The number of benzene rings is 3. The Morgan fingerprint density at radius 2 is 1.46 bits per heavy atom. The number of hydrogen-bond donors (Lipinski definition) is 1. The summed E-state index contributed by atoms with van der Waals surface area (Å²) in [6.45, 7) is 1.81. The number of amides is 1. The van der Waals surface area contributed by atoms with Crippen molar-refractivity contribution in [3.63, 3.8) is 0 Å². The molecule has 0 saturated heterocycles. The molecule has 7 nitrogen and oxygen atoms in total. The minimum Gasteiger partial charge on any atom is -0.493 e. The fourth-order valence-corrected chi connectivity index (χ4v) is 4.65. The average Bonchev–Trinajstić information content (AvgIpc) is 2.82. The summed E-state index contributed by atoms with van der Waals surface area (Å²) in [6, 6.07) is 16.5. The van der Waals surface area contributed by atoms with Gasteiger partial charge in [-0.1, -0.05) is 47.5 Å². The molecule has 186 valence electrons. The second-order valence-electron chi connectivity index (χ2n) is 7.87. The number of rotatable bonds is 9. The van der Waals surface area contributed by atoms with E-state index in [1.54, 1.807) is 36.4 Å². The fourth-order valence-electron chi connectivity index (χ4n) is 3.50. The lowest BCUT2D eigenvalue weighted by molar-refractivity contribution is 0.0940. The summed E-state index contributed by atoms with van der Waals surface area (Å²) in [5.74, 6) is 0.100. The molecule has 35 heavy (non-hydrogen) atoms. The van der Waals surface area contributed by atoms with E-state index in [-0.39, 0.29) is 29.6 Å². The van der Waals surface area contributed by atoms with Crippen LogP contribution in [0.15, 0.2) is 60.7 Å². The molecule has 3 aromatic rings. The van der Waals surface area contributed by atoms with Crippen LogP contribution in [0.4, 0.5) is 5.69 Å². The van der Waals surface area contributed by atoms with E-state index in [0.29, 0.717) is 21.4 Å². The van der Waals surface area contributed by atoms with Gasteiger partial charge >= 0.3 is 0 Å². The van der Waals surface area contributed by atoms with Crippen LogP contribution in [-0.2, 0) is 16.6 Å². The molecular weight excluding hydrogens is 511 g/mol. The van der Waals surface area contributed by atoms with Gasteiger partial charge in [0.05, 0.1) is 44.3 Å². The van der Waals surface area contributed by atoms with Gasteiger partial charge in [0.15, 0.2) is 11.5 Å². The maximum Gasteiger partial charge on any atom is 0.254 e. The first-order chi connectivity index (χ1) is 16.5. The SMILES string of the molecule is COc1cc(C(=O)N[C@H](C)c2ccc(Cl)cc2)c(N(Cc2ccc(Cl)cc2)S(C)(=O)=O)cc1OC. The van der Waals surface area contributed by atoms with Gasteiger partial charge in [-0.2, -0.15) is 0 Å². The highest BCUT2D eigenvalue weighted by Gasteiger charge is 2.27. The molecule has 1 N–H and O–H groups in total. The van der Waals surface area contributed by atoms with Gasteiger partial charge in [0.1, 0.15) is 0 Å². The minimum absolute atomic E-state index is 0.0154. The summed E-state index contributed by atoms with van der Waals surface area (Å²) in [5.41, 5.74) is 1.80. The number of anilines is 1. The topological polar surface area (TPSA) is 84.9 Å². The Morgan fingerprint density at radius 1 is 0.943 bits per heavy atom. The number of nitrogens with zero attached hydrogens (tertiary/aromatic N) is 1. The van der Waals surface area contributed by atoms with Crippen molar-refractivity contribution in [2.45, 2.75) is 19.5 Å². The number of ether oxygens (including phenoxy) is 2. The van der Waals surface area contributed by atoms with Crippen molar-refractivity contribution in [3.05, 3.63) is 87.4 Å². The number of carbonyl (C=O) groups excluding carboxylic acids is 1. The number of carbonyl (C=O) groups is 1. The number of hydrogen-bond acceptors (Lipinski definition) is 5. The Labute approximate surface area is 215 Å². The predicted molar refractivity (Wildman–Crippen MR) is 139 cm³/mol. The van der Waals surface area contributed by atoms with Crippen LogP contribution in [0.5, 0.6) is 11.5 Å². The fraction of sp³-hybridized carbons (Fsp3) is 0.240. The molecule has 1 atom stereocenters. The van der Waals surface area contributed by atoms with Gasteiger partial charge in [0.2, 0.25) is 10.0 Å². The molecule has 0 radical (unpaired) electrons. The standard InChI is InChI=1S/C25H26Cl2N2O5S/c1-16(18-7-11-20(27)12-8-18)28-25(30)21-13-23(33-2)24(34-3)14-22(21)29(35(4,31)32)15-17-5-9-19(26)10-6-17/h5-14,16H,15H2,1-4H3,(H,28,30)/t16-/m1/s1. The highest BCUT2D eigenvalue weighted by atomic mass is 35.5. The van der Waals surface area contributed by atoms with Crippen molar-refractivity contribution in [1.29, 1.82) is 0 Å². The summed E-state index contributed by atoms with van der Waals surface area (Å²) >= 11 is 12.0. The summed E-state index contributed by atoms with van der Waals surface area (Å²) < 4.78 is 37.7. The van der Waals surface area contributed by atoms with E-state index >= 15 is 0 Å². The molecule has 0 aromatic heterocycles. The Bertz CT molecular complexity index is 1300. The number of nitrogens with one attached hydrogen (secondary N) is 1. The van der Waals surface area contributed by atoms with Crippen LogP contribution < -0.4 is 19.1 Å². The number of halogens is 2. The first kappa shape index (κ1) is 26.7. The summed E-state index contributed by atoms with van der Waals surface area (Å²) in [4.78, 5) is 13.4. The highest BCUT2D eigenvalue weighted by Crippen LogP contribution is 2.37. The van der Waals surface area contributed by atoms with Crippen LogP contribution in [0, 0.1) is 0 Å². The van der Waals surface area contributed by atoms with Crippen LogP contribution in [0.2, 0.25) is 10.0 Å². The van der Waals surface area contributed by atoms with Crippen molar-refractivity contribution >= 4 is 44.8 Å². The van der Waals surface area contributed by atoms with Gasteiger partial charge in [-0.15, -0.1) is 0 Å². The van der Waals surface area contributed by atoms with E-state index in [2.05, 4.69) is 5.32 Å². The van der Waals surface area contributed by atoms with E-state index in [0.717, 1.165) is 16.1 Å². The Hall–Kier alpha value is -2.94. The smallest absolute Gasteiger partial charge is 0.254 e. The van der Waals surface area contributed by atoms with Gasteiger partial charge in [0, 0.05) is 16.1 Å². The molecule has 0 aliphatic rings. The third-order valence-electron chi connectivity index (χ3n) is 5.37. The molecule has 1 amide bonds. The first-order valence-corrected chi connectivity index (χ1v) is 13.2. The molecule has 3 aromatic carbocycles. The average molecular weight is 537 g/mol. The Morgan fingerprint density at radius 3 is 1.97 bits per heavy atom. The minimum atomic E-state index is -3.80. The maximum atomic E-state index is 13.4. The van der Waals surface area contributed by atoms with Crippen LogP contribution in [0.25, 0.3) is 0 Å². The zero-order valence-corrected chi connectivity index (χ0v) is 22.0. The van der Waals surface area contributed by atoms with Gasteiger partial charge in [-0.05, 0) is 48.4 Å². The maximum absolute atomic E-state index is 13.4. The monoisotopic (exact) mass is 536 g/mol. The lowest BCUT2D eigenvalue weighted by atomic mass is 10.1. The Kier molecular flexibility index (Phi) is 8.53. The molecule has 10 heteroatoms. The van der Waals surface area contributed by atoms with Gasteiger partial charge in [-0.25, -0.2) is 8.42 Å². The molecule has 0 spiro atoms. The third kappa shape index (κ3) is 6.60. The molecule has 0 saturated carbocycles. The third-order valence-corrected chi connectivity index (χ3v) is 7.00. The van der Waals surface area contributed by atoms with Crippen LogP contribution in [-0.4, -0.2) is 34.8 Å². The van der Waals surface area contributed by atoms with E-state index in [9.17, 15) is 13.2 Å². The largest absolute Gasteiger partial charge is 0.493 e. The second kappa shape index (κ2) is 11.2. The zero-order valence-electron chi connectivity index (χ0n) is 19.7. The van der Waals surface area contributed by atoms with Crippen molar-refractivity contribution < 1.29 is 22.7 Å². The van der Waals surface area contributed by atoms with Crippen molar-refractivity contribution in [3.8, 4) is 11.5 Å². The summed E-state index contributed by atoms with van der Waals surface area (Å²) in [7, 11) is -0.922. The highest BCUT2D eigenvalue weighted by molar-refractivity contribution is 7.92. The van der Waals surface area contributed by atoms with Gasteiger partial charge < -0.3 is 14.8 Å². The van der Waals surface area contributed by atoms with Crippen molar-refractivity contribution in [1.82, 2.24) is 5.32 Å². The lowest BCUT2D eigenvalue weighted by Crippen LogP contribution is -2.33. The second-order valence-corrected chi connectivity index (χ2v) is 10.6. The van der Waals surface area contributed by atoms with Crippen molar-refractivity contribution in [2.24, 2.45) is 0 Å². The Balaban J connectivity index is 2.07. The van der Waals surface area contributed by atoms with E-state index in [1.165, 1.54) is 26.4 Å². The first-order valence-electron chi connectivity index (χ1n) is 10.6. The summed E-state index contributed by atoms with van der Waals surface area (Å²) in [5, 5.41) is 4.03. The van der Waals surface area contributed by atoms with E-state index < -0.39 is 15.9 Å². The normalized spacial score (nSPS) is 12.1. The lowest BCUT2D eigenvalue weighted by Gasteiger charge is -2.26. The number of methoxy groups -OCH3 is 2. The molecule has 0 bridgehead atoms. The molecule has 0 aliphatic carbocycles. The van der Waals surface area contributed by atoms with Gasteiger partial charge in [0.25, 0.3) is 5.91 Å². The number of sulfonamides is 1. The van der Waals surface area contributed by atoms with Crippen LogP contribution >= 0.6 is 23.2 Å². The van der Waals surface area contributed by atoms with E-state index in [1.807, 2.05) is 19.1 Å². The zero-order chi connectivity index (χ0) is 25.8. The molecular formula is C25H26Cl2N2O5S. The molecule has 0 unspecified atom stereocenters. The molecule has 0 aliphatic heterocycles. The molecule has 0 heterocycles. The van der Waals surface area contributed by atoms with Gasteiger partial charge in [-0.3, -0.25) is 9.10 Å². The predicted octanol–water partition coefficient (Wildman–Crippen LogP) is 5.47.